The van der Waals surface area contributed by atoms with Gasteiger partial charge in [-0.15, -0.1) is 11.3 Å². The minimum Gasteiger partial charge on any atom is -0.481 e. The average molecular weight is 312 g/mol. The Bertz CT molecular complexity index is 495. The summed E-state index contributed by atoms with van der Waals surface area (Å²) in [5.74, 6) is -1.21. The maximum Gasteiger partial charge on any atom is 0.310 e. The minimum atomic E-state index is -0.773. The van der Waals surface area contributed by atoms with Crippen molar-refractivity contribution in [3.63, 3.8) is 0 Å². The molecule has 1 N–H and O–H groups in total. The Morgan fingerprint density at radius 2 is 2.24 bits per heavy atom. The zero-order chi connectivity index (χ0) is 15.6. The topological polar surface area (TPSA) is 62.7 Å². The van der Waals surface area contributed by atoms with Gasteiger partial charge < -0.3 is 9.84 Å². The number of nitrogens with zero attached hydrogens (tertiary/aromatic N) is 2. The zero-order valence-electron chi connectivity index (χ0n) is 13.1. The van der Waals surface area contributed by atoms with Crippen LogP contribution in [0.3, 0.4) is 0 Å². The molecule has 0 spiro atoms. The Hall–Kier alpha value is -0.980. The smallest absolute Gasteiger partial charge is 0.310 e. The molecule has 1 aliphatic rings. The molecule has 0 saturated carbocycles. The first-order chi connectivity index (χ1) is 9.82. The molecule has 1 aliphatic heterocycles. The van der Waals surface area contributed by atoms with Gasteiger partial charge >= 0.3 is 5.97 Å². The van der Waals surface area contributed by atoms with Gasteiger partial charge in [-0.1, -0.05) is 27.7 Å². The molecule has 0 aliphatic carbocycles. The highest BCUT2D eigenvalue weighted by atomic mass is 32.1. The lowest BCUT2D eigenvalue weighted by Gasteiger charge is -2.28. The van der Waals surface area contributed by atoms with E-state index in [-0.39, 0.29) is 11.5 Å². The Morgan fingerprint density at radius 1 is 1.52 bits per heavy atom. The fraction of sp³-hybridized carbons (Fsp3) is 0.733. The molecule has 2 rings (SSSR count). The van der Waals surface area contributed by atoms with E-state index in [1.54, 1.807) is 11.3 Å². The Labute approximate surface area is 129 Å². The lowest BCUT2D eigenvalue weighted by molar-refractivity contribution is -0.143. The molecule has 0 bridgehead atoms. The fourth-order valence-corrected chi connectivity index (χ4v) is 3.55. The fourth-order valence-electron chi connectivity index (χ4n) is 2.50. The van der Waals surface area contributed by atoms with Gasteiger partial charge in [0.15, 0.2) is 0 Å². The van der Waals surface area contributed by atoms with Crippen LogP contribution in [0.2, 0.25) is 0 Å². The van der Waals surface area contributed by atoms with Crippen molar-refractivity contribution in [2.75, 3.05) is 19.8 Å². The Morgan fingerprint density at radius 3 is 2.76 bits per heavy atom. The lowest BCUT2D eigenvalue weighted by Crippen LogP contribution is -2.42. The summed E-state index contributed by atoms with van der Waals surface area (Å²) in [6, 6.07) is -0.0607. The molecule has 0 amide bonds. The maximum absolute atomic E-state index is 11.3. The number of rotatable bonds is 5. The van der Waals surface area contributed by atoms with E-state index in [9.17, 15) is 9.90 Å². The number of carbonyl (C=O) groups is 1. The van der Waals surface area contributed by atoms with E-state index in [1.165, 1.54) is 0 Å². The van der Waals surface area contributed by atoms with Gasteiger partial charge in [-0.25, -0.2) is 4.98 Å². The van der Waals surface area contributed by atoms with Crippen LogP contribution in [-0.4, -0.2) is 46.8 Å². The lowest BCUT2D eigenvalue weighted by atomic mass is 9.93. The molecule has 1 saturated heterocycles. The van der Waals surface area contributed by atoms with Gasteiger partial charge in [-0.3, -0.25) is 9.69 Å². The molecule has 2 atom stereocenters. The van der Waals surface area contributed by atoms with Crippen LogP contribution in [0.25, 0.3) is 0 Å². The largest absolute Gasteiger partial charge is 0.481 e. The highest BCUT2D eigenvalue weighted by Crippen LogP contribution is 2.26. The molecule has 5 nitrogen and oxygen atoms in total. The van der Waals surface area contributed by atoms with Gasteiger partial charge in [-0.05, 0) is 6.54 Å². The van der Waals surface area contributed by atoms with Gasteiger partial charge in [0, 0.05) is 16.8 Å². The normalized spacial score (nSPS) is 22.9. The summed E-state index contributed by atoms with van der Waals surface area (Å²) in [5.41, 5.74) is 1.14. The van der Waals surface area contributed by atoms with Crippen LogP contribution in [0, 0.1) is 5.92 Å². The van der Waals surface area contributed by atoms with Crippen LogP contribution in [0.15, 0.2) is 5.38 Å². The second-order valence-corrected chi connectivity index (χ2v) is 7.43. The summed E-state index contributed by atoms with van der Waals surface area (Å²) < 4.78 is 5.37. The zero-order valence-corrected chi connectivity index (χ0v) is 13.9. The summed E-state index contributed by atoms with van der Waals surface area (Å²) >= 11 is 1.65. The summed E-state index contributed by atoms with van der Waals surface area (Å²) in [4.78, 5) is 18.2. The van der Waals surface area contributed by atoms with Crippen LogP contribution < -0.4 is 0 Å². The molecule has 1 aromatic rings. The van der Waals surface area contributed by atoms with Crippen molar-refractivity contribution < 1.29 is 14.6 Å². The van der Waals surface area contributed by atoms with Gasteiger partial charge in [0.05, 0.1) is 31.4 Å². The molecule has 1 fully saturated rings. The summed E-state index contributed by atoms with van der Waals surface area (Å²) in [6.07, 6.45) is 0. The van der Waals surface area contributed by atoms with E-state index in [1.807, 2.05) is 0 Å². The third-order valence-electron chi connectivity index (χ3n) is 3.90. The molecule has 2 heterocycles. The SMILES string of the molecule is CCN(Cc1nc(C(C)(C)C)cs1)C1COCC1C(=O)O. The monoisotopic (exact) mass is 312 g/mol. The first kappa shape index (κ1) is 16.4. The van der Waals surface area contributed by atoms with Crippen LogP contribution >= 0.6 is 11.3 Å². The molecule has 6 heteroatoms. The number of carboxylic acid groups (broad SMARTS) is 1. The highest BCUT2D eigenvalue weighted by molar-refractivity contribution is 7.09. The summed E-state index contributed by atoms with van der Waals surface area (Å²) in [5, 5.41) is 12.4. The van der Waals surface area contributed by atoms with E-state index in [0.29, 0.717) is 19.8 Å². The standard InChI is InChI=1S/C15H24N2O3S/c1-5-17(11-8-20-7-10(11)14(18)19)6-13-16-12(9-21-13)15(2,3)4/h9-11H,5-8H2,1-4H3,(H,18,19). The van der Waals surface area contributed by atoms with Gasteiger partial charge in [0.25, 0.3) is 0 Å². The second-order valence-electron chi connectivity index (χ2n) is 6.49. The first-order valence-corrected chi connectivity index (χ1v) is 8.20. The quantitative estimate of drug-likeness (QED) is 0.904. The van der Waals surface area contributed by atoms with Crippen molar-refractivity contribution in [2.24, 2.45) is 5.92 Å². The number of aromatic nitrogens is 1. The first-order valence-electron chi connectivity index (χ1n) is 7.32. The highest BCUT2D eigenvalue weighted by Gasteiger charge is 2.37. The Kier molecular flexibility index (Phi) is 5.01. The van der Waals surface area contributed by atoms with Crippen LogP contribution in [0.5, 0.6) is 0 Å². The van der Waals surface area contributed by atoms with E-state index in [4.69, 9.17) is 9.72 Å². The van der Waals surface area contributed by atoms with Crippen LogP contribution in [0.1, 0.15) is 38.4 Å². The molecule has 1 aromatic heterocycles. The van der Waals surface area contributed by atoms with Crippen molar-refractivity contribution in [1.82, 2.24) is 9.88 Å². The van der Waals surface area contributed by atoms with Gasteiger partial charge in [0.2, 0.25) is 0 Å². The maximum atomic E-state index is 11.3. The molecule has 2 unspecified atom stereocenters. The third kappa shape index (κ3) is 3.81. The number of aliphatic carboxylic acids is 1. The number of hydrogen-bond donors (Lipinski definition) is 1. The number of ether oxygens (including phenoxy) is 1. The molecular formula is C15H24N2O3S. The number of thiazole rings is 1. The Balaban J connectivity index is 2.09. The molecule has 21 heavy (non-hydrogen) atoms. The van der Waals surface area contributed by atoms with Crippen molar-refractivity contribution in [3.8, 4) is 0 Å². The van der Waals surface area contributed by atoms with Gasteiger partial charge in [-0.2, -0.15) is 0 Å². The summed E-state index contributed by atoms with van der Waals surface area (Å²) in [6.45, 7) is 10.8. The molecule has 118 valence electrons. The van der Waals surface area contributed by atoms with E-state index >= 15 is 0 Å². The van der Waals surface area contributed by atoms with Gasteiger partial charge in [0.1, 0.15) is 5.01 Å². The van der Waals surface area contributed by atoms with Crippen LogP contribution in [-0.2, 0) is 21.5 Å². The third-order valence-corrected chi connectivity index (χ3v) is 4.73. The van der Waals surface area contributed by atoms with E-state index < -0.39 is 11.9 Å². The minimum absolute atomic E-state index is 0.0475. The van der Waals surface area contributed by atoms with Crippen molar-refractivity contribution >= 4 is 17.3 Å². The van der Waals surface area contributed by atoms with Crippen LogP contribution in [0.4, 0.5) is 0 Å². The number of carboxylic acids is 1. The molecule has 0 aromatic carbocycles. The van der Waals surface area contributed by atoms with Crippen molar-refractivity contribution in [3.05, 3.63) is 16.1 Å². The molecule has 0 radical (unpaired) electrons. The average Bonchev–Trinajstić information content (AvgIpc) is 3.03. The molecular weight excluding hydrogens is 288 g/mol. The van der Waals surface area contributed by atoms with E-state index in [0.717, 1.165) is 17.2 Å². The second kappa shape index (κ2) is 6.42. The summed E-state index contributed by atoms with van der Waals surface area (Å²) in [7, 11) is 0. The van der Waals surface area contributed by atoms with E-state index in [2.05, 4.69) is 38.0 Å². The number of hydrogen-bond acceptors (Lipinski definition) is 5. The predicted molar refractivity (Wildman–Crippen MR) is 82.6 cm³/mol. The van der Waals surface area contributed by atoms with Crippen molar-refractivity contribution in [2.45, 2.75) is 45.7 Å². The predicted octanol–water partition coefficient (Wildman–Crippen LogP) is 2.36. The van der Waals surface area contributed by atoms with Crippen molar-refractivity contribution in [1.29, 1.82) is 0 Å². The number of likely N-dealkylation sites (N-methyl/N-ethyl adjacent to an activating group) is 1.